The summed E-state index contributed by atoms with van der Waals surface area (Å²) in [6.07, 6.45) is -1.60. The number of allylic oxidation sites excluding steroid dienone is 1. The first-order chi connectivity index (χ1) is 13.1. The number of nitrogens with one attached hydrogen (secondary N) is 1. The van der Waals surface area contributed by atoms with Crippen molar-refractivity contribution in [2.45, 2.75) is 25.6 Å². The molecule has 0 radical (unpaired) electrons. The quantitative estimate of drug-likeness (QED) is 0.532. The minimum atomic E-state index is -4.66. The largest absolute Gasteiger partial charge is 0.478 e. The summed E-state index contributed by atoms with van der Waals surface area (Å²) in [7, 11) is 1.48. The van der Waals surface area contributed by atoms with E-state index in [4.69, 9.17) is 10.5 Å². The monoisotopic (exact) mass is 399 g/mol. The fourth-order valence-corrected chi connectivity index (χ4v) is 2.74. The number of halogens is 3. The summed E-state index contributed by atoms with van der Waals surface area (Å²) in [6, 6.07) is 0. The molecule has 2 rings (SSSR count). The summed E-state index contributed by atoms with van der Waals surface area (Å²) in [5.74, 6) is -1.67. The molecular weight excluding hydrogens is 379 g/mol. The first-order valence-corrected chi connectivity index (χ1v) is 8.21. The van der Waals surface area contributed by atoms with E-state index in [1.54, 1.807) is 0 Å². The van der Waals surface area contributed by atoms with Crippen LogP contribution in [0.1, 0.15) is 17.7 Å². The van der Waals surface area contributed by atoms with Gasteiger partial charge in [-0.15, -0.1) is 0 Å². The highest BCUT2D eigenvalue weighted by Crippen LogP contribution is 2.37. The normalized spacial score (nSPS) is 14.3. The molecule has 0 saturated carbocycles. The van der Waals surface area contributed by atoms with E-state index in [0.29, 0.717) is 6.42 Å². The van der Waals surface area contributed by atoms with Gasteiger partial charge in [0, 0.05) is 12.6 Å². The number of primary amides is 1. The second-order valence-corrected chi connectivity index (χ2v) is 5.91. The van der Waals surface area contributed by atoms with Crippen molar-refractivity contribution in [3.05, 3.63) is 48.1 Å². The molecule has 1 aromatic rings. The number of rotatable bonds is 7. The van der Waals surface area contributed by atoms with E-state index in [-0.39, 0.29) is 35.9 Å². The van der Waals surface area contributed by atoms with Gasteiger partial charge in [0.05, 0.1) is 12.3 Å². The Morgan fingerprint density at radius 1 is 1.43 bits per heavy atom. The molecule has 0 atom stereocenters. The summed E-state index contributed by atoms with van der Waals surface area (Å²) in [5, 5.41) is 5.91. The van der Waals surface area contributed by atoms with Gasteiger partial charge >= 0.3 is 6.18 Å². The average molecular weight is 399 g/mol. The number of hydrogen-bond donors (Lipinski definition) is 2. The molecule has 0 bridgehead atoms. The Bertz CT molecular complexity index is 842. The van der Waals surface area contributed by atoms with Gasteiger partial charge in [0.1, 0.15) is 12.2 Å². The van der Waals surface area contributed by atoms with E-state index in [1.165, 1.54) is 24.2 Å². The van der Waals surface area contributed by atoms with Crippen LogP contribution in [0.3, 0.4) is 0 Å². The molecule has 0 fully saturated rings. The molecule has 1 aliphatic heterocycles. The van der Waals surface area contributed by atoms with Crippen molar-refractivity contribution < 1.29 is 27.5 Å². The Labute approximate surface area is 159 Å². The van der Waals surface area contributed by atoms with Gasteiger partial charge in [-0.1, -0.05) is 13.2 Å². The van der Waals surface area contributed by atoms with Crippen molar-refractivity contribution in [2.24, 2.45) is 5.73 Å². The van der Waals surface area contributed by atoms with Crippen molar-refractivity contribution in [2.75, 3.05) is 13.7 Å². The average Bonchev–Trinajstić information content (AvgIpc) is 2.99. The van der Waals surface area contributed by atoms with E-state index in [0.717, 1.165) is 4.68 Å². The van der Waals surface area contributed by atoms with E-state index >= 15 is 0 Å². The standard InChI is InChI=1S/C17H20F3N5O3/c1-4-11(13(15(21)27)24(3)5-2)22-12(26)9-25-16-10(7-6-8-28-16)14(23-25)17(18,19)20/h4-5H,1-2,6-9H2,3H3,(H2,21,27)(H,22,26)/b13-11+. The lowest BCUT2D eigenvalue weighted by Crippen LogP contribution is -2.34. The second kappa shape index (κ2) is 8.19. The van der Waals surface area contributed by atoms with E-state index < -0.39 is 30.2 Å². The van der Waals surface area contributed by atoms with Gasteiger partial charge in [-0.25, -0.2) is 4.68 Å². The number of amides is 2. The fraction of sp³-hybridized carbons (Fsp3) is 0.353. The molecule has 2 amide bonds. The maximum absolute atomic E-state index is 13.2. The number of nitrogens with zero attached hydrogens (tertiary/aromatic N) is 3. The molecule has 0 saturated heterocycles. The minimum Gasteiger partial charge on any atom is -0.478 e. The summed E-state index contributed by atoms with van der Waals surface area (Å²) >= 11 is 0. The summed E-state index contributed by atoms with van der Waals surface area (Å²) in [6.45, 7) is 6.68. The van der Waals surface area contributed by atoms with Crippen LogP contribution < -0.4 is 15.8 Å². The number of hydrogen-bond acceptors (Lipinski definition) is 5. The number of carbonyl (C=O) groups excluding carboxylic acids is 2. The van der Waals surface area contributed by atoms with Gasteiger partial charge in [0.15, 0.2) is 5.69 Å². The van der Waals surface area contributed by atoms with Crippen LogP contribution in [0.25, 0.3) is 0 Å². The predicted molar refractivity (Wildman–Crippen MR) is 93.6 cm³/mol. The van der Waals surface area contributed by atoms with Crippen LogP contribution in [-0.2, 0) is 28.7 Å². The number of fused-ring (bicyclic) bond motifs is 1. The predicted octanol–water partition coefficient (Wildman–Crippen LogP) is 1.30. The summed E-state index contributed by atoms with van der Waals surface area (Å²) in [5.41, 5.74) is 4.06. The molecule has 2 heterocycles. The van der Waals surface area contributed by atoms with Crippen molar-refractivity contribution in [1.82, 2.24) is 20.0 Å². The van der Waals surface area contributed by atoms with Gasteiger partial charge in [-0.2, -0.15) is 18.3 Å². The molecule has 0 unspecified atom stereocenters. The van der Waals surface area contributed by atoms with Crippen molar-refractivity contribution in [3.8, 4) is 5.88 Å². The summed E-state index contributed by atoms with van der Waals surface area (Å²) in [4.78, 5) is 25.3. The molecule has 152 valence electrons. The molecule has 0 spiro atoms. The molecule has 1 aliphatic rings. The molecule has 11 heteroatoms. The number of likely N-dealkylation sites (N-methyl/N-ethyl adjacent to an activating group) is 1. The van der Waals surface area contributed by atoms with E-state index in [1.807, 2.05) is 0 Å². The van der Waals surface area contributed by atoms with Gasteiger partial charge < -0.3 is 20.7 Å². The lowest BCUT2D eigenvalue weighted by atomic mass is 10.1. The highest BCUT2D eigenvalue weighted by molar-refractivity contribution is 5.94. The van der Waals surface area contributed by atoms with Crippen LogP contribution in [-0.4, -0.2) is 40.1 Å². The molecule has 1 aromatic heterocycles. The summed E-state index contributed by atoms with van der Waals surface area (Å²) < 4.78 is 45.7. The molecule has 3 N–H and O–H groups in total. The smallest absolute Gasteiger partial charge is 0.435 e. The zero-order valence-corrected chi connectivity index (χ0v) is 15.2. The Hall–Kier alpha value is -3.24. The fourth-order valence-electron chi connectivity index (χ4n) is 2.74. The van der Waals surface area contributed by atoms with Gasteiger partial charge in [-0.3, -0.25) is 9.59 Å². The molecule has 0 aromatic carbocycles. The third-order valence-electron chi connectivity index (χ3n) is 3.96. The first kappa shape index (κ1) is 21.1. The van der Waals surface area contributed by atoms with Gasteiger partial charge in [0.25, 0.3) is 5.91 Å². The van der Waals surface area contributed by atoms with Crippen LogP contribution in [0.4, 0.5) is 13.2 Å². The third kappa shape index (κ3) is 4.35. The van der Waals surface area contributed by atoms with Crippen LogP contribution in [0, 0.1) is 0 Å². The first-order valence-electron chi connectivity index (χ1n) is 8.21. The van der Waals surface area contributed by atoms with Gasteiger partial charge in [-0.05, 0) is 25.1 Å². The van der Waals surface area contributed by atoms with Crippen LogP contribution in [0.2, 0.25) is 0 Å². The maximum Gasteiger partial charge on any atom is 0.435 e. The number of alkyl halides is 3. The lowest BCUT2D eigenvalue weighted by molar-refractivity contribution is -0.142. The zero-order valence-electron chi connectivity index (χ0n) is 15.2. The van der Waals surface area contributed by atoms with Crippen molar-refractivity contribution >= 4 is 11.8 Å². The minimum absolute atomic E-state index is 0.0158. The van der Waals surface area contributed by atoms with Crippen molar-refractivity contribution in [1.29, 1.82) is 0 Å². The SMILES string of the molecule is C=C/C(NC(=O)Cn1nc(C(F)(F)F)c2c1OCCC2)=C(/C(N)=O)N(C)C=C. The number of nitrogens with two attached hydrogens (primary N) is 1. The van der Waals surface area contributed by atoms with Crippen LogP contribution >= 0.6 is 0 Å². The molecule has 28 heavy (non-hydrogen) atoms. The number of ether oxygens (including phenoxy) is 1. The highest BCUT2D eigenvalue weighted by Gasteiger charge is 2.40. The second-order valence-electron chi connectivity index (χ2n) is 5.91. The van der Waals surface area contributed by atoms with E-state index in [9.17, 15) is 22.8 Å². The van der Waals surface area contributed by atoms with Gasteiger partial charge in [0.2, 0.25) is 11.8 Å². The van der Waals surface area contributed by atoms with Crippen LogP contribution in [0.5, 0.6) is 5.88 Å². The third-order valence-corrected chi connectivity index (χ3v) is 3.96. The maximum atomic E-state index is 13.2. The Balaban J connectivity index is 2.32. The number of aromatic nitrogens is 2. The zero-order chi connectivity index (χ0) is 21.1. The Morgan fingerprint density at radius 3 is 2.64 bits per heavy atom. The molecule has 8 nitrogen and oxygen atoms in total. The van der Waals surface area contributed by atoms with Crippen LogP contribution in [0.15, 0.2) is 36.8 Å². The van der Waals surface area contributed by atoms with Crippen molar-refractivity contribution in [3.63, 3.8) is 0 Å². The lowest BCUT2D eigenvalue weighted by Gasteiger charge is -2.19. The molecular formula is C17H20F3N5O3. The van der Waals surface area contributed by atoms with E-state index in [2.05, 4.69) is 23.6 Å². The highest BCUT2D eigenvalue weighted by atomic mass is 19.4. The Morgan fingerprint density at radius 2 is 2.11 bits per heavy atom. The topological polar surface area (TPSA) is 102 Å². The molecule has 0 aliphatic carbocycles. The Kier molecular flexibility index (Phi) is 6.16. The number of carbonyl (C=O) groups is 2.